The van der Waals surface area contributed by atoms with E-state index in [1.807, 2.05) is 13.0 Å². The summed E-state index contributed by atoms with van der Waals surface area (Å²) >= 11 is 0. The van der Waals surface area contributed by atoms with Gasteiger partial charge >= 0.3 is 5.97 Å². The summed E-state index contributed by atoms with van der Waals surface area (Å²) in [4.78, 5) is 16.6. The Hall–Kier alpha value is -3.26. The lowest BCUT2D eigenvalue weighted by Crippen LogP contribution is -2.14. The van der Waals surface area contributed by atoms with Gasteiger partial charge in [-0.05, 0) is 73.7 Å². The van der Waals surface area contributed by atoms with E-state index in [9.17, 15) is 22.7 Å². The van der Waals surface area contributed by atoms with E-state index in [0.717, 1.165) is 35.8 Å². The van der Waals surface area contributed by atoms with Crippen LogP contribution in [0.3, 0.4) is 0 Å². The molecular weight excluding hydrogens is 481 g/mol. The molecular formula is C28H32FNO5S. The largest absolute Gasteiger partial charge is 0.481 e. The molecule has 0 aliphatic rings. The number of rotatable bonds is 12. The molecule has 0 fully saturated rings. The van der Waals surface area contributed by atoms with Gasteiger partial charge in [-0.3, -0.25) is 4.79 Å². The number of unbranched alkanes of at least 4 members (excludes halogenated alkanes) is 1. The van der Waals surface area contributed by atoms with Crippen LogP contribution in [0.1, 0.15) is 45.1 Å². The zero-order valence-electron chi connectivity index (χ0n) is 20.8. The van der Waals surface area contributed by atoms with Crippen LogP contribution in [-0.2, 0) is 21.1 Å². The molecule has 1 aromatic heterocycles. The van der Waals surface area contributed by atoms with Gasteiger partial charge in [0, 0.05) is 22.9 Å². The molecule has 0 radical (unpaired) electrons. The summed E-state index contributed by atoms with van der Waals surface area (Å²) < 4.78 is 43.6. The molecule has 1 atom stereocenters. The summed E-state index contributed by atoms with van der Waals surface area (Å²) in [6.07, 6.45) is 4.34. The van der Waals surface area contributed by atoms with Crippen LogP contribution in [-0.4, -0.2) is 37.3 Å². The SMILES string of the molecule is CCCCOc1nc(-c2ccc(F)cc2)c(-c2ccc(S(C)(=O)=O)cc2)cc1CCC(CC)C(=O)O. The van der Waals surface area contributed by atoms with Crippen LogP contribution in [0.2, 0.25) is 0 Å². The second-order valence-electron chi connectivity index (χ2n) is 8.84. The summed E-state index contributed by atoms with van der Waals surface area (Å²) in [5, 5.41) is 9.51. The van der Waals surface area contributed by atoms with Crippen molar-refractivity contribution >= 4 is 15.8 Å². The Bertz CT molecular complexity index is 1290. The Labute approximate surface area is 212 Å². The van der Waals surface area contributed by atoms with E-state index in [1.165, 1.54) is 12.1 Å². The number of carbonyl (C=O) groups is 1. The quantitative estimate of drug-likeness (QED) is 0.291. The molecule has 36 heavy (non-hydrogen) atoms. The van der Waals surface area contributed by atoms with Crippen molar-refractivity contribution in [1.29, 1.82) is 0 Å². The lowest BCUT2D eigenvalue weighted by atomic mass is 9.93. The van der Waals surface area contributed by atoms with Gasteiger partial charge in [-0.2, -0.15) is 0 Å². The Morgan fingerprint density at radius 2 is 1.69 bits per heavy atom. The first-order valence-electron chi connectivity index (χ1n) is 12.1. The van der Waals surface area contributed by atoms with Crippen LogP contribution in [0.25, 0.3) is 22.4 Å². The van der Waals surface area contributed by atoms with Crippen LogP contribution in [0.5, 0.6) is 5.88 Å². The summed E-state index contributed by atoms with van der Waals surface area (Å²) in [6.45, 7) is 4.38. The summed E-state index contributed by atoms with van der Waals surface area (Å²) in [5.74, 6) is -1.26. The van der Waals surface area contributed by atoms with Gasteiger partial charge in [0.2, 0.25) is 5.88 Å². The van der Waals surface area contributed by atoms with Gasteiger partial charge in [0.25, 0.3) is 0 Å². The number of halogens is 1. The molecule has 0 bridgehead atoms. The number of benzene rings is 2. The number of hydrogen-bond acceptors (Lipinski definition) is 5. The number of carboxylic acids is 1. The highest BCUT2D eigenvalue weighted by Crippen LogP contribution is 2.36. The Kier molecular flexibility index (Phi) is 9.20. The van der Waals surface area contributed by atoms with E-state index in [4.69, 9.17) is 9.72 Å². The topological polar surface area (TPSA) is 93.6 Å². The first kappa shape index (κ1) is 27.3. The Balaban J connectivity index is 2.15. The number of hydrogen-bond donors (Lipinski definition) is 1. The number of aliphatic carboxylic acids is 1. The molecule has 2 aromatic carbocycles. The van der Waals surface area contributed by atoms with E-state index < -0.39 is 21.7 Å². The number of carboxylic acid groups (broad SMARTS) is 1. The Morgan fingerprint density at radius 1 is 1.06 bits per heavy atom. The minimum absolute atomic E-state index is 0.203. The van der Waals surface area contributed by atoms with Crippen LogP contribution < -0.4 is 4.74 Å². The number of ether oxygens (including phenoxy) is 1. The fourth-order valence-electron chi connectivity index (χ4n) is 3.92. The fraction of sp³-hybridized carbons (Fsp3) is 0.357. The van der Waals surface area contributed by atoms with E-state index >= 15 is 0 Å². The number of aryl methyl sites for hydroxylation is 1. The average molecular weight is 514 g/mol. The van der Waals surface area contributed by atoms with Crippen LogP contribution in [0.4, 0.5) is 4.39 Å². The molecule has 0 saturated heterocycles. The van der Waals surface area contributed by atoms with Crippen LogP contribution >= 0.6 is 0 Å². The van der Waals surface area contributed by atoms with E-state index in [2.05, 4.69) is 6.92 Å². The van der Waals surface area contributed by atoms with Crippen molar-refractivity contribution in [3.05, 3.63) is 66.0 Å². The zero-order chi connectivity index (χ0) is 26.3. The second kappa shape index (κ2) is 12.1. The molecule has 0 aliphatic carbocycles. The highest BCUT2D eigenvalue weighted by atomic mass is 32.2. The molecule has 1 heterocycles. The molecule has 0 aliphatic heterocycles. The third-order valence-electron chi connectivity index (χ3n) is 6.11. The predicted octanol–water partition coefficient (Wildman–Crippen LogP) is 6.18. The van der Waals surface area contributed by atoms with Crippen molar-refractivity contribution < 1.29 is 27.4 Å². The minimum Gasteiger partial charge on any atom is -0.481 e. The molecule has 1 N–H and O–H groups in total. The molecule has 8 heteroatoms. The maximum atomic E-state index is 13.7. The third kappa shape index (κ3) is 6.91. The zero-order valence-corrected chi connectivity index (χ0v) is 21.6. The maximum Gasteiger partial charge on any atom is 0.306 e. The van der Waals surface area contributed by atoms with Crippen LogP contribution in [0, 0.1) is 11.7 Å². The summed E-state index contributed by atoms with van der Waals surface area (Å²) in [7, 11) is -3.36. The van der Waals surface area contributed by atoms with Crippen molar-refractivity contribution in [1.82, 2.24) is 4.98 Å². The van der Waals surface area contributed by atoms with Crippen molar-refractivity contribution in [3.8, 4) is 28.3 Å². The smallest absolute Gasteiger partial charge is 0.306 e. The van der Waals surface area contributed by atoms with Crippen LogP contribution in [0.15, 0.2) is 59.5 Å². The van der Waals surface area contributed by atoms with Gasteiger partial charge in [-0.25, -0.2) is 17.8 Å². The number of nitrogens with zero attached hydrogens (tertiary/aromatic N) is 1. The van der Waals surface area contributed by atoms with Crippen molar-refractivity contribution in [2.24, 2.45) is 5.92 Å². The maximum absolute atomic E-state index is 13.7. The average Bonchev–Trinajstić information content (AvgIpc) is 2.85. The molecule has 3 aromatic rings. The summed E-state index contributed by atoms with van der Waals surface area (Å²) in [5.41, 5.74) is 3.49. The highest BCUT2D eigenvalue weighted by molar-refractivity contribution is 7.90. The molecule has 0 spiro atoms. The summed E-state index contributed by atoms with van der Waals surface area (Å²) in [6, 6.07) is 14.4. The third-order valence-corrected chi connectivity index (χ3v) is 7.24. The normalized spacial score (nSPS) is 12.3. The Morgan fingerprint density at radius 3 is 2.25 bits per heavy atom. The van der Waals surface area contributed by atoms with Gasteiger partial charge in [0.05, 0.1) is 23.1 Å². The van der Waals surface area contributed by atoms with Crippen molar-refractivity contribution in [3.63, 3.8) is 0 Å². The molecule has 1 unspecified atom stereocenters. The van der Waals surface area contributed by atoms with E-state index in [-0.39, 0.29) is 10.7 Å². The fourth-order valence-corrected chi connectivity index (χ4v) is 4.55. The number of sulfone groups is 1. The monoisotopic (exact) mass is 513 g/mol. The van der Waals surface area contributed by atoms with Crippen molar-refractivity contribution in [2.75, 3.05) is 12.9 Å². The van der Waals surface area contributed by atoms with Gasteiger partial charge in [-0.1, -0.05) is 32.4 Å². The number of pyridine rings is 1. The molecule has 0 saturated carbocycles. The van der Waals surface area contributed by atoms with Gasteiger partial charge in [-0.15, -0.1) is 0 Å². The van der Waals surface area contributed by atoms with Crippen molar-refractivity contribution in [2.45, 2.75) is 50.8 Å². The molecule has 192 valence electrons. The predicted molar refractivity (Wildman–Crippen MR) is 138 cm³/mol. The molecule has 0 amide bonds. The van der Waals surface area contributed by atoms with Gasteiger partial charge < -0.3 is 9.84 Å². The number of aromatic nitrogens is 1. The molecule has 6 nitrogen and oxygen atoms in total. The minimum atomic E-state index is -3.36. The first-order chi connectivity index (χ1) is 17.1. The van der Waals surface area contributed by atoms with E-state index in [1.54, 1.807) is 36.4 Å². The second-order valence-corrected chi connectivity index (χ2v) is 10.9. The van der Waals surface area contributed by atoms with Gasteiger partial charge in [0.1, 0.15) is 5.82 Å². The lowest BCUT2D eigenvalue weighted by Gasteiger charge is -2.18. The standard InChI is InChI=1S/C28H32FNO5S/c1-4-6-17-35-27-22(8-7-19(5-2)28(31)32)18-25(20-11-15-24(16-12-20)36(3,33)34)26(30-27)21-9-13-23(29)14-10-21/h9-16,18-19H,4-8,17H2,1-3H3,(H,31,32). The highest BCUT2D eigenvalue weighted by Gasteiger charge is 2.20. The van der Waals surface area contributed by atoms with Gasteiger partial charge in [0.15, 0.2) is 9.84 Å². The van der Waals surface area contributed by atoms with E-state index in [0.29, 0.717) is 43.0 Å². The first-order valence-corrected chi connectivity index (χ1v) is 14.0. The lowest BCUT2D eigenvalue weighted by molar-refractivity contribution is -0.142. The molecule has 3 rings (SSSR count).